The number of benzene rings is 1. The van der Waals surface area contributed by atoms with Gasteiger partial charge in [-0.1, -0.05) is 43.9 Å². The smallest absolute Gasteiger partial charge is 0.289 e. The molecule has 38 heavy (non-hydrogen) atoms. The van der Waals surface area contributed by atoms with Gasteiger partial charge in [0.2, 0.25) is 29.6 Å². The van der Waals surface area contributed by atoms with Crippen LogP contribution in [0.1, 0.15) is 18.9 Å². The van der Waals surface area contributed by atoms with Crippen LogP contribution in [0.4, 0.5) is 11.6 Å². The number of aromatic nitrogens is 2. The van der Waals surface area contributed by atoms with Crippen LogP contribution in [0.15, 0.2) is 30.2 Å². The first-order valence-electron chi connectivity index (χ1n) is 12.5. The van der Waals surface area contributed by atoms with E-state index in [1.165, 1.54) is 25.5 Å². The van der Waals surface area contributed by atoms with E-state index in [-0.39, 0.29) is 23.4 Å². The minimum absolute atomic E-state index is 0.0477. The average molecular weight is 544 g/mol. The summed E-state index contributed by atoms with van der Waals surface area (Å²) in [4.78, 5) is 36.5. The molecule has 1 aliphatic heterocycles. The molecule has 0 saturated carbocycles. The molecule has 1 aromatic carbocycles. The highest BCUT2D eigenvalue weighted by Crippen LogP contribution is 2.34. The molecule has 3 rings (SSSR count). The number of nitrogens with two attached hydrogens (primary N) is 1. The number of hydrogen-bond donors (Lipinski definition) is 2. The molecular formula is C26H37N5O6Si. The van der Waals surface area contributed by atoms with Crippen molar-refractivity contribution in [3.63, 3.8) is 0 Å². The van der Waals surface area contributed by atoms with Crippen molar-refractivity contribution in [2.75, 3.05) is 44.1 Å². The van der Waals surface area contributed by atoms with Crippen LogP contribution in [0.2, 0.25) is 19.6 Å². The van der Waals surface area contributed by atoms with Crippen LogP contribution in [0, 0.1) is 6.92 Å². The van der Waals surface area contributed by atoms with Gasteiger partial charge in [-0.3, -0.25) is 9.59 Å². The van der Waals surface area contributed by atoms with Gasteiger partial charge < -0.3 is 34.9 Å². The van der Waals surface area contributed by atoms with E-state index < -0.39 is 25.9 Å². The van der Waals surface area contributed by atoms with Gasteiger partial charge in [0.15, 0.2) is 5.69 Å². The number of carbonyl (C=O) groups is 2. The van der Waals surface area contributed by atoms with E-state index in [0.717, 1.165) is 12.0 Å². The van der Waals surface area contributed by atoms with E-state index in [1.54, 1.807) is 0 Å². The largest absolute Gasteiger partial charge is 0.479 e. The Balaban J connectivity index is 1.79. The third kappa shape index (κ3) is 6.61. The van der Waals surface area contributed by atoms with Gasteiger partial charge in [0.05, 0.1) is 28.4 Å². The van der Waals surface area contributed by atoms with Crippen LogP contribution in [-0.2, 0) is 14.3 Å². The molecule has 0 radical (unpaired) electrons. The Morgan fingerprint density at radius 1 is 1.16 bits per heavy atom. The molecule has 2 heterocycles. The molecule has 2 aromatic rings. The number of ether oxygens (including phenoxy) is 4. The van der Waals surface area contributed by atoms with Crippen LogP contribution >= 0.6 is 0 Å². The summed E-state index contributed by atoms with van der Waals surface area (Å²) in [6, 6.07) is 6.03. The molecule has 11 nitrogen and oxygen atoms in total. The predicted molar refractivity (Wildman–Crippen MR) is 148 cm³/mol. The maximum atomic E-state index is 13.1. The Bertz CT molecular complexity index is 1180. The molecule has 1 unspecified atom stereocenters. The number of ketones is 1. The summed E-state index contributed by atoms with van der Waals surface area (Å²) in [6.07, 6.45) is 0.579. The number of rotatable bonds is 12. The number of carbonyl (C=O) groups excluding carboxylic acids is 2. The van der Waals surface area contributed by atoms with E-state index in [1.807, 2.05) is 30.9 Å². The summed E-state index contributed by atoms with van der Waals surface area (Å²) in [5.74, 6) is -0.258. The number of aryl methyl sites for hydroxylation is 1. The Kier molecular flexibility index (Phi) is 9.34. The molecule has 0 spiro atoms. The number of nitrogens with one attached hydrogen (secondary N) is 1. The van der Waals surface area contributed by atoms with Gasteiger partial charge in [0, 0.05) is 19.6 Å². The Hall–Kier alpha value is -3.64. The predicted octanol–water partition coefficient (Wildman–Crippen LogP) is 2.35. The first-order chi connectivity index (χ1) is 18.0. The topological polar surface area (TPSA) is 138 Å². The Morgan fingerprint density at radius 3 is 2.37 bits per heavy atom. The molecule has 3 N–H and O–H groups in total. The van der Waals surface area contributed by atoms with E-state index in [4.69, 9.17) is 24.7 Å². The molecule has 0 aliphatic carbocycles. The molecule has 1 atom stereocenters. The van der Waals surface area contributed by atoms with Crippen LogP contribution in [0.3, 0.4) is 0 Å². The van der Waals surface area contributed by atoms with Crippen molar-refractivity contribution in [1.82, 2.24) is 9.97 Å². The van der Waals surface area contributed by atoms with Gasteiger partial charge in [0.1, 0.15) is 5.75 Å². The zero-order valence-electron chi connectivity index (χ0n) is 23.1. The number of nitrogens with zero attached hydrogens (tertiary/aromatic N) is 3. The summed E-state index contributed by atoms with van der Waals surface area (Å²) in [5.41, 5.74) is 6.70. The second-order valence-corrected chi connectivity index (χ2v) is 15.0. The molecule has 206 valence electrons. The number of methoxy groups -OCH3 is 2. The summed E-state index contributed by atoms with van der Waals surface area (Å²) in [7, 11) is 1.24. The maximum absolute atomic E-state index is 13.1. The first kappa shape index (κ1) is 28.9. The quantitative estimate of drug-likeness (QED) is 0.303. The van der Waals surface area contributed by atoms with Crippen LogP contribution in [0.25, 0.3) is 0 Å². The van der Waals surface area contributed by atoms with Crippen molar-refractivity contribution in [2.45, 2.75) is 46.0 Å². The number of amides is 1. The lowest BCUT2D eigenvalue weighted by molar-refractivity contribution is -0.134. The average Bonchev–Trinajstić information content (AvgIpc) is 3.24. The van der Waals surface area contributed by atoms with Crippen molar-refractivity contribution in [3.8, 4) is 17.5 Å². The van der Waals surface area contributed by atoms with Gasteiger partial charge >= 0.3 is 0 Å². The number of hydrogen-bond acceptors (Lipinski definition) is 10. The lowest BCUT2D eigenvalue weighted by atomic mass is 10.2. The van der Waals surface area contributed by atoms with E-state index >= 15 is 0 Å². The lowest BCUT2D eigenvalue weighted by Crippen LogP contribution is -2.37. The third-order valence-electron chi connectivity index (χ3n) is 5.90. The van der Waals surface area contributed by atoms with Crippen LogP contribution < -0.4 is 35.3 Å². The second kappa shape index (κ2) is 12.3. The van der Waals surface area contributed by atoms with Gasteiger partial charge in [0.25, 0.3) is 11.9 Å². The first-order valence-corrected chi connectivity index (χ1v) is 16.0. The fourth-order valence-corrected chi connectivity index (χ4v) is 4.95. The molecule has 12 heteroatoms. The maximum Gasteiger partial charge on any atom is 0.289 e. The summed E-state index contributed by atoms with van der Waals surface area (Å²) < 4.78 is 22.3. The molecule has 0 bridgehead atoms. The summed E-state index contributed by atoms with van der Waals surface area (Å²) in [5, 5.41) is 3.82. The molecule has 0 saturated heterocycles. The van der Waals surface area contributed by atoms with Crippen molar-refractivity contribution in [2.24, 2.45) is 5.73 Å². The zero-order valence-corrected chi connectivity index (χ0v) is 24.1. The minimum atomic E-state index is -1.59. The van der Waals surface area contributed by atoms with Crippen molar-refractivity contribution in [3.05, 3.63) is 35.8 Å². The Labute approximate surface area is 224 Å². The van der Waals surface area contributed by atoms with E-state index in [9.17, 15) is 9.59 Å². The molecule has 0 fully saturated rings. The second-order valence-electron chi connectivity index (χ2n) is 9.88. The molecular weight excluding hydrogens is 506 g/mol. The van der Waals surface area contributed by atoms with E-state index in [0.29, 0.717) is 31.3 Å². The molecule has 1 aliphatic rings. The van der Waals surface area contributed by atoms with Gasteiger partial charge in [-0.2, -0.15) is 9.97 Å². The fourth-order valence-electron chi connectivity index (χ4n) is 3.80. The summed E-state index contributed by atoms with van der Waals surface area (Å²) in [6.45, 7) is 12.2. The normalized spacial score (nSPS) is 15.0. The SMILES string of the molecule is CCCN(CCN)c1nc(OC)c(NC(=O)C2OC(Oc3cc([Si](C)(C)C)ccc3C)=CC2=O)c(OC)n1. The van der Waals surface area contributed by atoms with E-state index in [2.05, 4.69) is 41.0 Å². The highest BCUT2D eigenvalue weighted by atomic mass is 28.3. The third-order valence-corrected chi connectivity index (χ3v) is 7.94. The standard InChI is InChI=1S/C26H37N5O6Si/c1-8-12-31(13-11-27)26-29-24(34-3)21(25(30-26)35-4)28-23(33)22-18(32)15-20(37-22)36-19-14-17(38(5,6)7)10-9-16(19)2/h9-10,14-15,22H,8,11-13,27H2,1-7H3,(H,28,33). The molecule has 1 amide bonds. The highest BCUT2D eigenvalue weighted by Gasteiger charge is 2.37. The molecule has 1 aromatic heterocycles. The number of anilines is 2. The van der Waals surface area contributed by atoms with Crippen LogP contribution in [-0.4, -0.2) is 69.7 Å². The summed E-state index contributed by atoms with van der Waals surface area (Å²) >= 11 is 0. The van der Waals surface area contributed by atoms with Crippen molar-refractivity contribution in [1.29, 1.82) is 0 Å². The highest BCUT2D eigenvalue weighted by molar-refractivity contribution is 6.88. The monoisotopic (exact) mass is 543 g/mol. The van der Waals surface area contributed by atoms with Gasteiger partial charge in [-0.25, -0.2) is 0 Å². The fraction of sp³-hybridized carbons (Fsp3) is 0.462. The zero-order chi connectivity index (χ0) is 28.0. The lowest BCUT2D eigenvalue weighted by Gasteiger charge is -2.23. The van der Waals surface area contributed by atoms with Crippen LogP contribution in [0.5, 0.6) is 17.5 Å². The van der Waals surface area contributed by atoms with Gasteiger partial charge in [-0.05, 0) is 25.0 Å². The van der Waals surface area contributed by atoms with Crippen molar-refractivity contribution < 1.29 is 28.5 Å². The Morgan fingerprint density at radius 2 is 1.82 bits per heavy atom. The minimum Gasteiger partial charge on any atom is -0.479 e. The van der Waals surface area contributed by atoms with Crippen molar-refractivity contribution >= 4 is 36.6 Å². The van der Waals surface area contributed by atoms with Gasteiger partial charge in [-0.15, -0.1) is 0 Å².